The zero-order valence-electron chi connectivity index (χ0n) is 21.3. The fourth-order valence-electron chi connectivity index (χ4n) is 4.83. The number of halogens is 5. The zero-order valence-corrected chi connectivity index (χ0v) is 21.3. The van der Waals surface area contributed by atoms with Gasteiger partial charge in [0.05, 0.1) is 16.8 Å². The van der Waals surface area contributed by atoms with E-state index in [1.165, 1.54) is 35.1 Å². The van der Waals surface area contributed by atoms with E-state index in [1.54, 1.807) is 12.1 Å². The summed E-state index contributed by atoms with van der Waals surface area (Å²) in [5, 5.41) is 18.9. The van der Waals surface area contributed by atoms with Crippen LogP contribution in [0.5, 0.6) is 5.75 Å². The van der Waals surface area contributed by atoms with Crippen LogP contribution in [-0.2, 0) is 12.8 Å². The van der Waals surface area contributed by atoms with Gasteiger partial charge in [0.2, 0.25) is 0 Å². The molecule has 214 valence electrons. The second-order valence-corrected chi connectivity index (χ2v) is 10.00. The first-order valence-corrected chi connectivity index (χ1v) is 12.7. The maximum atomic E-state index is 13.4. The van der Waals surface area contributed by atoms with Crippen LogP contribution in [0.25, 0.3) is 5.82 Å². The summed E-state index contributed by atoms with van der Waals surface area (Å²) in [6.45, 7) is -1.41. The van der Waals surface area contributed by atoms with Gasteiger partial charge >= 0.3 is 6.18 Å². The van der Waals surface area contributed by atoms with Crippen LogP contribution >= 0.6 is 0 Å². The molecule has 2 aromatic heterocycles. The number of nitrogens with one attached hydrogen (secondary N) is 2. The summed E-state index contributed by atoms with van der Waals surface area (Å²) >= 11 is 0. The molecular formula is C27H23F5N6O3. The van der Waals surface area contributed by atoms with Crippen molar-refractivity contribution in [1.82, 2.24) is 25.4 Å². The molecule has 1 fully saturated rings. The summed E-state index contributed by atoms with van der Waals surface area (Å²) < 4.78 is 70.1. The highest BCUT2D eigenvalue weighted by molar-refractivity contribution is 6.08. The molecule has 2 amide bonds. The van der Waals surface area contributed by atoms with Crippen molar-refractivity contribution >= 4 is 11.8 Å². The number of fused-ring (bicyclic) bond motifs is 1. The van der Waals surface area contributed by atoms with Crippen molar-refractivity contribution in [3.63, 3.8) is 0 Å². The lowest BCUT2D eigenvalue weighted by Gasteiger charge is -2.35. The minimum atomic E-state index is -4.46. The van der Waals surface area contributed by atoms with Crippen LogP contribution in [0, 0.1) is 11.3 Å². The van der Waals surface area contributed by atoms with Crippen molar-refractivity contribution in [2.24, 2.45) is 0 Å². The maximum absolute atomic E-state index is 13.4. The van der Waals surface area contributed by atoms with Gasteiger partial charge in [-0.25, -0.2) is 18.4 Å². The van der Waals surface area contributed by atoms with E-state index in [0.717, 1.165) is 0 Å². The molecule has 3 aromatic rings. The molecule has 41 heavy (non-hydrogen) atoms. The standard InChI is InChI=1S/C27H23F5N6O3/c28-26(29)10-18(11-26)36-25(40)23-22-20(37-38(23)21-7-5-16(12-33)13-34-21)9-17(35-24(22)39)6-4-15-2-1-3-19(8-15)41-14-27(30,31)32/h1-3,5,7-8,13,17-18H,4,6,9-11,14H2,(H,35,39)(H,36,40)/t17-/m0/s1. The average molecular weight is 575 g/mol. The number of aromatic nitrogens is 3. The first-order valence-electron chi connectivity index (χ1n) is 12.7. The third-order valence-electron chi connectivity index (χ3n) is 6.78. The highest BCUT2D eigenvalue weighted by Gasteiger charge is 2.47. The first kappa shape index (κ1) is 28.0. The Balaban J connectivity index is 1.35. The van der Waals surface area contributed by atoms with E-state index in [1.807, 2.05) is 6.07 Å². The lowest BCUT2D eigenvalue weighted by molar-refractivity contribution is -0.153. The number of ether oxygens (including phenoxy) is 1. The number of carbonyl (C=O) groups excluding carboxylic acids is 2. The van der Waals surface area contributed by atoms with Crippen LogP contribution in [0.2, 0.25) is 0 Å². The normalized spacial score (nSPS) is 18.0. The SMILES string of the molecule is N#Cc1ccc(-n2nc3c(c2C(=O)NC2CC(F)(F)C2)C(=O)N[C@@H](CCc2cccc(OCC(F)(F)F)c2)C3)nc1. The smallest absolute Gasteiger partial charge is 0.422 e. The number of aryl methyl sites for hydroxylation is 1. The highest BCUT2D eigenvalue weighted by atomic mass is 19.4. The van der Waals surface area contributed by atoms with Gasteiger partial charge in [0, 0.05) is 37.5 Å². The minimum Gasteiger partial charge on any atom is -0.484 e. The van der Waals surface area contributed by atoms with Crippen LogP contribution in [0.4, 0.5) is 22.0 Å². The summed E-state index contributed by atoms with van der Waals surface area (Å²) in [7, 11) is 0. The minimum absolute atomic E-state index is 0.00135. The molecule has 0 spiro atoms. The Labute approximate surface area is 230 Å². The molecule has 0 radical (unpaired) electrons. The van der Waals surface area contributed by atoms with Crippen LogP contribution in [0.3, 0.4) is 0 Å². The summed E-state index contributed by atoms with van der Waals surface area (Å²) in [6.07, 6.45) is -3.16. The van der Waals surface area contributed by atoms with Crippen molar-refractivity contribution in [1.29, 1.82) is 5.26 Å². The quantitative estimate of drug-likeness (QED) is 0.394. The molecule has 2 N–H and O–H groups in total. The van der Waals surface area contributed by atoms with Crippen molar-refractivity contribution in [3.8, 4) is 17.6 Å². The summed E-state index contributed by atoms with van der Waals surface area (Å²) in [5.41, 5.74) is 1.11. The fraction of sp³-hybridized carbons (Fsp3) is 0.370. The first-order chi connectivity index (χ1) is 19.4. The van der Waals surface area contributed by atoms with Gasteiger partial charge < -0.3 is 15.4 Å². The van der Waals surface area contributed by atoms with Crippen LogP contribution in [0.15, 0.2) is 42.6 Å². The summed E-state index contributed by atoms with van der Waals surface area (Å²) in [4.78, 5) is 30.6. The molecule has 2 aliphatic rings. The van der Waals surface area contributed by atoms with Gasteiger partial charge in [-0.05, 0) is 42.7 Å². The Morgan fingerprint density at radius 3 is 2.68 bits per heavy atom. The van der Waals surface area contributed by atoms with Gasteiger partial charge in [0.15, 0.2) is 12.4 Å². The van der Waals surface area contributed by atoms with Gasteiger partial charge in [0.1, 0.15) is 17.5 Å². The topological polar surface area (TPSA) is 122 Å². The van der Waals surface area contributed by atoms with Gasteiger partial charge in [-0.2, -0.15) is 23.5 Å². The average Bonchev–Trinajstić information content (AvgIpc) is 3.30. The molecule has 0 bridgehead atoms. The fourth-order valence-corrected chi connectivity index (χ4v) is 4.83. The van der Waals surface area contributed by atoms with E-state index in [0.29, 0.717) is 24.1 Å². The van der Waals surface area contributed by atoms with E-state index in [9.17, 15) is 31.5 Å². The van der Waals surface area contributed by atoms with Gasteiger partial charge in [0.25, 0.3) is 17.7 Å². The highest BCUT2D eigenvalue weighted by Crippen LogP contribution is 2.37. The number of hydrogen-bond acceptors (Lipinski definition) is 6. The Morgan fingerprint density at radius 1 is 1.24 bits per heavy atom. The molecule has 0 saturated heterocycles. The number of nitrogens with zero attached hydrogens (tertiary/aromatic N) is 4. The Bertz CT molecular complexity index is 1510. The molecule has 1 aliphatic carbocycles. The number of benzene rings is 1. The largest absolute Gasteiger partial charge is 0.484 e. The van der Waals surface area contributed by atoms with Gasteiger partial charge in [-0.3, -0.25) is 9.59 Å². The van der Waals surface area contributed by atoms with Gasteiger partial charge in [-0.15, -0.1) is 0 Å². The molecule has 0 unspecified atom stereocenters. The molecule has 9 nitrogen and oxygen atoms in total. The van der Waals surface area contributed by atoms with Crippen molar-refractivity contribution < 1.29 is 36.3 Å². The van der Waals surface area contributed by atoms with Crippen molar-refractivity contribution in [2.45, 2.75) is 56.3 Å². The van der Waals surface area contributed by atoms with Crippen LogP contribution in [0.1, 0.15) is 56.9 Å². The second kappa shape index (κ2) is 10.8. The number of alkyl halides is 5. The van der Waals surface area contributed by atoms with Crippen LogP contribution < -0.4 is 15.4 Å². The van der Waals surface area contributed by atoms with E-state index in [4.69, 9.17) is 10.00 Å². The zero-order chi connectivity index (χ0) is 29.4. The van der Waals surface area contributed by atoms with Crippen molar-refractivity contribution in [2.75, 3.05) is 6.61 Å². The monoisotopic (exact) mass is 574 g/mol. The number of nitriles is 1. The molecule has 1 aliphatic heterocycles. The number of hydrogen-bond donors (Lipinski definition) is 2. The molecule has 14 heteroatoms. The van der Waals surface area contributed by atoms with E-state index < -0.39 is 55.4 Å². The predicted octanol–water partition coefficient (Wildman–Crippen LogP) is 3.89. The maximum Gasteiger partial charge on any atom is 0.422 e. The number of rotatable bonds is 8. The molecule has 3 heterocycles. The lowest BCUT2D eigenvalue weighted by Crippen LogP contribution is -2.51. The predicted molar refractivity (Wildman–Crippen MR) is 133 cm³/mol. The Morgan fingerprint density at radius 2 is 2.02 bits per heavy atom. The molecule has 5 rings (SSSR count). The molecule has 1 atom stereocenters. The Hall–Kier alpha value is -4.54. The van der Waals surface area contributed by atoms with E-state index >= 15 is 0 Å². The number of carbonyl (C=O) groups is 2. The summed E-state index contributed by atoms with van der Waals surface area (Å²) in [6, 6.07) is 9.91. The summed E-state index contributed by atoms with van der Waals surface area (Å²) in [5.74, 6) is -3.97. The lowest BCUT2D eigenvalue weighted by atomic mass is 9.88. The van der Waals surface area contributed by atoms with E-state index in [-0.39, 0.29) is 34.8 Å². The third-order valence-corrected chi connectivity index (χ3v) is 6.78. The van der Waals surface area contributed by atoms with E-state index in [2.05, 4.69) is 20.7 Å². The molecular weight excluding hydrogens is 551 g/mol. The van der Waals surface area contributed by atoms with Crippen LogP contribution in [-0.4, -0.2) is 57.4 Å². The second-order valence-electron chi connectivity index (χ2n) is 10.00. The molecule has 1 aromatic carbocycles. The van der Waals surface area contributed by atoms with Gasteiger partial charge in [-0.1, -0.05) is 12.1 Å². The number of amides is 2. The number of pyridine rings is 1. The van der Waals surface area contributed by atoms with Crippen molar-refractivity contribution in [3.05, 3.63) is 70.7 Å². The Kier molecular flexibility index (Phi) is 7.37. The third kappa shape index (κ3) is 6.45. The molecule has 1 saturated carbocycles.